The topological polar surface area (TPSA) is 99.0 Å². The minimum absolute atomic E-state index is 0.0418. The Morgan fingerprint density at radius 1 is 1.26 bits per heavy atom. The van der Waals surface area contributed by atoms with Crippen molar-refractivity contribution < 1.29 is 14.3 Å². The number of methoxy groups -OCH3 is 1. The number of pyridine rings is 1. The first-order valence-corrected chi connectivity index (χ1v) is 9.67. The second-order valence-corrected chi connectivity index (χ2v) is 7.32. The van der Waals surface area contributed by atoms with Crippen molar-refractivity contribution in [2.24, 2.45) is 5.92 Å². The molecule has 0 saturated heterocycles. The molecule has 0 saturated carbocycles. The lowest BCUT2D eigenvalue weighted by atomic mass is 10.0. The molecule has 2 rings (SSSR count). The van der Waals surface area contributed by atoms with Crippen molar-refractivity contribution in [1.82, 2.24) is 25.1 Å². The maximum absolute atomic E-state index is 12.3. The number of hydrogen-bond acceptors (Lipinski definition) is 7. The summed E-state index contributed by atoms with van der Waals surface area (Å²) in [5.74, 6) is 0.631. The van der Waals surface area contributed by atoms with E-state index < -0.39 is 6.04 Å². The maximum Gasteiger partial charge on any atom is 0.231 e. The van der Waals surface area contributed by atoms with Gasteiger partial charge in [0.2, 0.25) is 5.91 Å². The highest BCUT2D eigenvalue weighted by atomic mass is 32.2. The molecular weight excluding hydrogens is 366 g/mol. The number of ketones is 1. The molecule has 146 valence electrons. The summed E-state index contributed by atoms with van der Waals surface area (Å²) in [6, 6.07) is 3.24. The summed E-state index contributed by atoms with van der Waals surface area (Å²) < 4.78 is 7.10. The van der Waals surface area contributed by atoms with Crippen molar-refractivity contribution in [3.05, 3.63) is 24.5 Å². The molecule has 0 aliphatic carbocycles. The standard InChI is InChI=1S/C18H25N5O3S/c1-12(2)16(13(3)24)20-15(25)11-27-18-22-21-17(23(18)9-10-26-4)14-5-7-19-8-6-14/h5-8,12,16H,9-11H2,1-4H3,(H,20,25). The fraction of sp³-hybridized carbons (Fsp3) is 0.500. The highest BCUT2D eigenvalue weighted by Crippen LogP contribution is 2.23. The van der Waals surface area contributed by atoms with Crippen LogP contribution in [-0.4, -0.2) is 57.0 Å². The van der Waals surface area contributed by atoms with Crippen LogP contribution in [0, 0.1) is 5.92 Å². The average Bonchev–Trinajstić information content (AvgIpc) is 3.05. The summed E-state index contributed by atoms with van der Waals surface area (Å²) in [5, 5.41) is 11.9. The van der Waals surface area contributed by atoms with Gasteiger partial charge in [-0.1, -0.05) is 25.6 Å². The van der Waals surface area contributed by atoms with E-state index in [0.717, 1.165) is 5.56 Å². The molecule has 0 fully saturated rings. The van der Waals surface area contributed by atoms with Gasteiger partial charge in [-0.15, -0.1) is 10.2 Å². The summed E-state index contributed by atoms with van der Waals surface area (Å²) >= 11 is 1.28. The van der Waals surface area contributed by atoms with E-state index in [2.05, 4.69) is 20.5 Å². The van der Waals surface area contributed by atoms with Gasteiger partial charge in [0.05, 0.1) is 24.9 Å². The minimum Gasteiger partial charge on any atom is -0.383 e. The van der Waals surface area contributed by atoms with Gasteiger partial charge >= 0.3 is 0 Å². The number of hydrogen-bond donors (Lipinski definition) is 1. The Morgan fingerprint density at radius 2 is 1.96 bits per heavy atom. The number of thioether (sulfide) groups is 1. The average molecular weight is 391 g/mol. The Hall–Kier alpha value is -2.26. The lowest BCUT2D eigenvalue weighted by Gasteiger charge is -2.19. The number of rotatable bonds is 10. The second kappa shape index (κ2) is 10.2. The maximum atomic E-state index is 12.3. The van der Waals surface area contributed by atoms with Crippen molar-refractivity contribution >= 4 is 23.5 Å². The van der Waals surface area contributed by atoms with Gasteiger partial charge in [-0.05, 0) is 25.0 Å². The van der Waals surface area contributed by atoms with E-state index in [4.69, 9.17) is 4.74 Å². The van der Waals surface area contributed by atoms with Crippen LogP contribution >= 0.6 is 11.8 Å². The van der Waals surface area contributed by atoms with E-state index in [1.807, 2.05) is 30.5 Å². The van der Waals surface area contributed by atoms with E-state index in [0.29, 0.717) is 24.1 Å². The molecule has 8 nitrogen and oxygen atoms in total. The molecule has 0 bridgehead atoms. The normalized spacial score (nSPS) is 12.2. The Bertz CT molecular complexity index is 764. The molecule has 0 aliphatic heterocycles. The Morgan fingerprint density at radius 3 is 2.56 bits per heavy atom. The van der Waals surface area contributed by atoms with Crippen LogP contribution in [0.4, 0.5) is 0 Å². The number of nitrogens with zero attached hydrogens (tertiary/aromatic N) is 4. The number of aromatic nitrogens is 4. The summed E-state index contributed by atoms with van der Waals surface area (Å²) in [6.45, 7) is 6.35. The fourth-order valence-electron chi connectivity index (χ4n) is 2.58. The van der Waals surface area contributed by atoms with Gasteiger partial charge in [-0.3, -0.25) is 19.1 Å². The number of ether oxygens (including phenoxy) is 1. The van der Waals surface area contributed by atoms with Gasteiger partial charge in [0.15, 0.2) is 16.8 Å². The quantitative estimate of drug-likeness (QED) is 0.617. The first-order valence-electron chi connectivity index (χ1n) is 8.69. The van der Waals surface area contributed by atoms with Crippen molar-refractivity contribution in [3.63, 3.8) is 0 Å². The van der Waals surface area contributed by atoms with Crippen molar-refractivity contribution in [1.29, 1.82) is 0 Å². The molecule has 0 spiro atoms. The van der Waals surface area contributed by atoms with E-state index in [-0.39, 0.29) is 23.4 Å². The van der Waals surface area contributed by atoms with Crippen LogP contribution in [0.2, 0.25) is 0 Å². The third kappa shape index (κ3) is 5.86. The summed E-state index contributed by atoms with van der Waals surface area (Å²) in [7, 11) is 1.63. The zero-order valence-electron chi connectivity index (χ0n) is 16.0. The largest absolute Gasteiger partial charge is 0.383 e. The van der Waals surface area contributed by atoms with Crippen LogP contribution in [0.15, 0.2) is 29.7 Å². The predicted octanol–water partition coefficient (Wildman–Crippen LogP) is 1.81. The molecule has 0 radical (unpaired) electrons. The smallest absolute Gasteiger partial charge is 0.231 e. The third-order valence-corrected chi connectivity index (χ3v) is 4.89. The van der Waals surface area contributed by atoms with Crippen molar-refractivity contribution in [2.45, 2.75) is 38.5 Å². The first-order chi connectivity index (χ1) is 12.9. The van der Waals surface area contributed by atoms with Crippen LogP contribution in [0.25, 0.3) is 11.4 Å². The lowest BCUT2D eigenvalue weighted by Crippen LogP contribution is -2.44. The Labute approximate surface area is 163 Å². The van der Waals surface area contributed by atoms with Crippen molar-refractivity contribution in [2.75, 3.05) is 19.5 Å². The molecule has 9 heteroatoms. The Kier molecular flexibility index (Phi) is 7.93. The van der Waals surface area contributed by atoms with E-state index in [1.54, 1.807) is 19.5 Å². The summed E-state index contributed by atoms with van der Waals surface area (Å²) in [6.07, 6.45) is 3.39. The number of amides is 1. The molecule has 1 amide bonds. The van der Waals surface area contributed by atoms with Crippen LogP contribution in [-0.2, 0) is 20.9 Å². The Balaban J connectivity index is 2.10. The second-order valence-electron chi connectivity index (χ2n) is 6.38. The monoisotopic (exact) mass is 391 g/mol. The molecule has 2 heterocycles. The molecule has 0 aliphatic rings. The molecule has 1 N–H and O–H groups in total. The molecule has 2 aromatic rings. The molecule has 2 aromatic heterocycles. The summed E-state index contributed by atoms with van der Waals surface area (Å²) in [5.41, 5.74) is 0.890. The van der Waals surface area contributed by atoms with Crippen LogP contribution < -0.4 is 5.32 Å². The van der Waals surface area contributed by atoms with Gasteiger partial charge in [-0.2, -0.15) is 0 Å². The van der Waals surface area contributed by atoms with Gasteiger partial charge in [0.1, 0.15) is 0 Å². The van der Waals surface area contributed by atoms with Crippen LogP contribution in [0.1, 0.15) is 20.8 Å². The summed E-state index contributed by atoms with van der Waals surface area (Å²) in [4.78, 5) is 27.9. The highest BCUT2D eigenvalue weighted by molar-refractivity contribution is 7.99. The number of nitrogens with one attached hydrogen (secondary N) is 1. The van der Waals surface area contributed by atoms with Gasteiger partial charge in [-0.25, -0.2) is 0 Å². The highest BCUT2D eigenvalue weighted by Gasteiger charge is 2.21. The SMILES string of the molecule is COCCn1c(SCC(=O)NC(C(C)=O)C(C)C)nnc1-c1ccncc1. The van der Waals surface area contributed by atoms with Gasteiger partial charge in [0, 0.05) is 25.1 Å². The zero-order valence-corrected chi connectivity index (χ0v) is 16.8. The predicted molar refractivity (Wildman–Crippen MR) is 103 cm³/mol. The lowest BCUT2D eigenvalue weighted by molar-refractivity contribution is -0.126. The van der Waals surface area contributed by atoms with Crippen LogP contribution in [0.5, 0.6) is 0 Å². The number of carbonyl (C=O) groups is 2. The van der Waals surface area contributed by atoms with E-state index >= 15 is 0 Å². The molecular formula is C18H25N5O3S. The third-order valence-electron chi connectivity index (χ3n) is 3.93. The van der Waals surface area contributed by atoms with Crippen molar-refractivity contribution in [3.8, 4) is 11.4 Å². The number of carbonyl (C=O) groups excluding carboxylic acids is 2. The first kappa shape index (κ1) is 21.0. The fourth-order valence-corrected chi connectivity index (χ4v) is 3.35. The minimum atomic E-state index is -0.475. The van der Waals surface area contributed by atoms with E-state index in [9.17, 15) is 9.59 Å². The van der Waals surface area contributed by atoms with Crippen LogP contribution in [0.3, 0.4) is 0 Å². The molecule has 27 heavy (non-hydrogen) atoms. The number of Topliss-reactive ketones (excluding diaryl/α,β-unsaturated/α-hetero) is 1. The van der Waals surface area contributed by atoms with Gasteiger partial charge < -0.3 is 10.1 Å². The molecule has 1 atom stereocenters. The molecule has 0 aromatic carbocycles. The van der Waals surface area contributed by atoms with Gasteiger partial charge in [0.25, 0.3) is 0 Å². The zero-order chi connectivity index (χ0) is 19.8. The van der Waals surface area contributed by atoms with E-state index in [1.165, 1.54) is 18.7 Å². The molecule has 1 unspecified atom stereocenters.